The predicted octanol–water partition coefficient (Wildman–Crippen LogP) is 8.61. The lowest BCUT2D eigenvalue weighted by Crippen LogP contribution is -2.15. The van der Waals surface area contributed by atoms with E-state index in [9.17, 15) is 53.5 Å². The van der Waals surface area contributed by atoms with Crippen LogP contribution in [0.15, 0.2) is 60.7 Å². The topological polar surface area (TPSA) is 71.1 Å². The molecule has 0 spiro atoms. The minimum absolute atomic E-state index is 0.214. The summed E-state index contributed by atoms with van der Waals surface area (Å²) in [6.07, 6.45) is 0. The highest BCUT2D eigenvalue weighted by atomic mass is 19.2. The van der Waals surface area contributed by atoms with E-state index < -0.39 is 117 Å². The van der Waals surface area contributed by atoms with Gasteiger partial charge in [-0.05, 0) is 36.4 Å². The molecule has 0 saturated carbocycles. The van der Waals surface area contributed by atoms with Crippen LogP contribution in [0, 0.1) is 81.9 Å². The average Bonchev–Trinajstić information content (AvgIpc) is 3.21. The molecule has 0 aliphatic rings. The van der Waals surface area contributed by atoms with Crippen LogP contribution < -0.4 is 9.47 Å². The predicted molar refractivity (Wildman–Crippen MR) is 175 cm³/mol. The lowest BCUT2D eigenvalue weighted by molar-refractivity contribution is 0.0447. The lowest BCUT2D eigenvalue weighted by atomic mass is 9.97. The van der Waals surface area contributed by atoms with Crippen LogP contribution in [-0.2, 0) is 22.7 Å². The largest absolute Gasteiger partial charge is 0.495 e. The van der Waals surface area contributed by atoms with Crippen molar-refractivity contribution >= 4 is 11.9 Å². The van der Waals surface area contributed by atoms with Gasteiger partial charge in [0, 0.05) is 11.1 Å². The van der Waals surface area contributed by atoms with Gasteiger partial charge in [0.15, 0.2) is 46.5 Å². The highest BCUT2D eigenvalue weighted by Crippen LogP contribution is 2.28. The molecule has 56 heavy (non-hydrogen) atoms. The second-order valence-electron chi connectivity index (χ2n) is 11.1. The van der Waals surface area contributed by atoms with Gasteiger partial charge < -0.3 is 18.9 Å². The van der Waals surface area contributed by atoms with Gasteiger partial charge in [-0.1, -0.05) is 47.9 Å². The van der Waals surface area contributed by atoms with Crippen LogP contribution in [0.2, 0.25) is 0 Å². The van der Waals surface area contributed by atoms with Gasteiger partial charge in [0.2, 0.25) is 11.6 Å². The molecule has 0 aliphatic carbocycles. The highest BCUT2D eigenvalue weighted by molar-refractivity contribution is 5.98. The van der Waals surface area contributed by atoms with Crippen molar-refractivity contribution in [2.45, 2.75) is 13.2 Å². The molecule has 16 heteroatoms. The van der Waals surface area contributed by atoms with E-state index in [1.54, 1.807) is 24.3 Å². The number of methoxy groups -OCH3 is 2. The maximum absolute atomic E-state index is 14.4. The molecule has 5 aromatic carbocycles. The first-order valence-electron chi connectivity index (χ1n) is 15.5. The number of halogens is 10. The third-order valence-corrected chi connectivity index (χ3v) is 7.77. The zero-order valence-corrected chi connectivity index (χ0v) is 28.4. The molecule has 0 heterocycles. The van der Waals surface area contributed by atoms with E-state index in [2.05, 4.69) is 23.7 Å². The summed E-state index contributed by atoms with van der Waals surface area (Å²) in [5, 5.41) is 0. The van der Waals surface area contributed by atoms with Gasteiger partial charge in [-0.25, -0.2) is 53.5 Å². The van der Waals surface area contributed by atoms with E-state index in [1.807, 2.05) is 0 Å². The molecule has 0 fully saturated rings. The second kappa shape index (κ2) is 17.0. The number of benzene rings is 5. The van der Waals surface area contributed by atoms with E-state index in [4.69, 9.17) is 18.9 Å². The van der Waals surface area contributed by atoms with Crippen molar-refractivity contribution in [3.05, 3.63) is 163 Å². The molecule has 0 aromatic heterocycles. The molecule has 5 rings (SSSR count). The van der Waals surface area contributed by atoms with Gasteiger partial charge >= 0.3 is 11.9 Å². The Morgan fingerprint density at radius 2 is 0.732 bits per heavy atom. The molecule has 6 nitrogen and oxygen atoms in total. The van der Waals surface area contributed by atoms with Crippen LogP contribution in [0.25, 0.3) is 0 Å². The normalized spacial score (nSPS) is 10.5. The molecule has 0 N–H and O–H groups in total. The third kappa shape index (κ3) is 8.09. The number of carbonyl (C=O) groups excluding carboxylic acids is 2. The summed E-state index contributed by atoms with van der Waals surface area (Å²) in [5.41, 5.74) is -4.62. The Labute approximate surface area is 310 Å². The molecular formula is C40H20F10O6. The SMILES string of the molecule is COc1ccccc1C#Cc1cc(C(=O)OCc2c(F)c(F)c(F)c(F)c2F)c(C#Cc2ccccc2OC)cc1C(=O)OCc1c(F)c(F)c(F)c(F)c1F. The molecule has 0 radical (unpaired) electrons. The van der Waals surface area contributed by atoms with Crippen LogP contribution in [0.4, 0.5) is 43.9 Å². The Morgan fingerprint density at radius 3 is 1.05 bits per heavy atom. The summed E-state index contributed by atoms with van der Waals surface area (Å²) in [6.45, 7) is -2.98. The number of hydrogen-bond donors (Lipinski definition) is 0. The van der Waals surface area contributed by atoms with Crippen molar-refractivity contribution in [1.29, 1.82) is 0 Å². The number of hydrogen-bond acceptors (Lipinski definition) is 6. The van der Waals surface area contributed by atoms with Gasteiger partial charge in [0.25, 0.3) is 0 Å². The minimum Gasteiger partial charge on any atom is -0.495 e. The molecule has 286 valence electrons. The van der Waals surface area contributed by atoms with E-state index in [-0.39, 0.29) is 22.6 Å². The third-order valence-electron chi connectivity index (χ3n) is 7.77. The Morgan fingerprint density at radius 1 is 0.446 bits per heavy atom. The smallest absolute Gasteiger partial charge is 0.339 e. The molecule has 0 aliphatic heterocycles. The van der Waals surface area contributed by atoms with E-state index in [0.29, 0.717) is 0 Å². The van der Waals surface area contributed by atoms with E-state index in [0.717, 1.165) is 12.1 Å². The first-order chi connectivity index (χ1) is 26.7. The summed E-state index contributed by atoms with van der Waals surface area (Å²) in [6, 6.07) is 14.0. The van der Waals surface area contributed by atoms with Crippen molar-refractivity contribution < 1.29 is 72.4 Å². The zero-order chi connectivity index (χ0) is 40.8. The van der Waals surface area contributed by atoms with Gasteiger partial charge in [0.05, 0.1) is 47.6 Å². The van der Waals surface area contributed by atoms with Crippen LogP contribution in [0.3, 0.4) is 0 Å². The quantitative estimate of drug-likeness (QED) is 0.0516. The Bertz CT molecular complexity index is 2300. The fraction of sp³-hybridized carbons (Fsp3) is 0.100. The van der Waals surface area contributed by atoms with Crippen molar-refractivity contribution in [3.63, 3.8) is 0 Å². The summed E-state index contributed by atoms with van der Waals surface area (Å²) in [5.74, 6) is -15.2. The molecule has 0 bridgehead atoms. The van der Waals surface area contributed by atoms with Crippen molar-refractivity contribution in [3.8, 4) is 35.2 Å². The molecule has 0 saturated heterocycles. The molecule has 0 unspecified atom stereocenters. The first-order valence-corrected chi connectivity index (χ1v) is 15.5. The molecule has 0 atom stereocenters. The van der Waals surface area contributed by atoms with Crippen molar-refractivity contribution in [2.24, 2.45) is 0 Å². The van der Waals surface area contributed by atoms with Crippen molar-refractivity contribution in [2.75, 3.05) is 14.2 Å². The number of ether oxygens (including phenoxy) is 4. The lowest BCUT2D eigenvalue weighted by Gasteiger charge is -2.13. The van der Waals surface area contributed by atoms with Crippen LogP contribution in [0.5, 0.6) is 11.5 Å². The number of carbonyl (C=O) groups is 2. The fourth-order valence-electron chi connectivity index (χ4n) is 4.89. The average molecular weight is 787 g/mol. The second-order valence-corrected chi connectivity index (χ2v) is 11.1. The van der Waals surface area contributed by atoms with Crippen LogP contribution in [-0.4, -0.2) is 26.2 Å². The Hall–Kier alpha value is -6.94. The number of rotatable bonds is 8. The standard InChI is InChI=1S/C40H20F10O6/c1-53-27-9-5-3-7-19(27)11-13-21-15-24(40(52)56-18-26-31(43)35(47)38(50)36(48)32(26)44)22(14-12-20-8-4-6-10-28(20)54-2)16-23(21)39(51)55-17-25-29(41)33(45)37(49)34(46)30(25)42/h3-10,15-16H,17-18H2,1-2H3. The summed E-state index contributed by atoms with van der Waals surface area (Å²) < 4.78 is 161. The summed E-state index contributed by atoms with van der Waals surface area (Å²) in [7, 11) is 2.63. The number of para-hydroxylation sites is 2. The molecular weight excluding hydrogens is 766 g/mol. The first kappa shape index (κ1) is 40.2. The van der Waals surface area contributed by atoms with Gasteiger partial charge in [0.1, 0.15) is 24.7 Å². The highest BCUT2D eigenvalue weighted by Gasteiger charge is 2.29. The minimum atomic E-state index is -2.45. The molecule has 0 amide bonds. The zero-order valence-electron chi connectivity index (χ0n) is 28.4. The monoisotopic (exact) mass is 786 g/mol. The van der Waals surface area contributed by atoms with Gasteiger partial charge in [-0.15, -0.1) is 0 Å². The summed E-state index contributed by atoms with van der Waals surface area (Å²) >= 11 is 0. The van der Waals surface area contributed by atoms with Crippen molar-refractivity contribution in [1.82, 2.24) is 0 Å². The molecule has 5 aromatic rings. The van der Waals surface area contributed by atoms with Crippen LogP contribution >= 0.6 is 0 Å². The summed E-state index contributed by atoms with van der Waals surface area (Å²) in [4.78, 5) is 27.1. The fourth-order valence-corrected chi connectivity index (χ4v) is 4.89. The maximum atomic E-state index is 14.4. The van der Waals surface area contributed by atoms with Crippen LogP contribution in [0.1, 0.15) is 54.1 Å². The Balaban J connectivity index is 1.67. The Kier molecular flexibility index (Phi) is 12.2. The van der Waals surface area contributed by atoms with Gasteiger partial charge in [-0.2, -0.15) is 0 Å². The van der Waals surface area contributed by atoms with E-state index in [1.165, 1.54) is 38.5 Å². The van der Waals surface area contributed by atoms with E-state index >= 15 is 0 Å². The van der Waals surface area contributed by atoms with Gasteiger partial charge in [-0.3, -0.25) is 0 Å². The number of esters is 2. The maximum Gasteiger partial charge on any atom is 0.339 e.